The maximum absolute atomic E-state index is 4.85. The monoisotopic (exact) mass is 515 g/mol. The Morgan fingerprint density at radius 2 is 1.21 bits per heavy atom. The fraction of sp³-hybridized carbons (Fsp3) is 0.306. The minimum absolute atomic E-state index is 0.152. The van der Waals surface area contributed by atoms with Crippen molar-refractivity contribution in [3.05, 3.63) is 137 Å². The predicted octanol–water partition coefficient (Wildman–Crippen LogP) is 7.96. The van der Waals surface area contributed by atoms with Crippen molar-refractivity contribution in [1.29, 1.82) is 0 Å². The highest BCUT2D eigenvalue weighted by atomic mass is 15.2. The minimum Gasteiger partial charge on any atom is -0.355 e. The van der Waals surface area contributed by atoms with Crippen LogP contribution in [0.1, 0.15) is 49.9 Å². The molecule has 1 aromatic heterocycles. The van der Waals surface area contributed by atoms with Crippen molar-refractivity contribution in [3.8, 4) is 0 Å². The number of para-hydroxylation sites is 1. The number of benzene rings is 3. The van der Waals surface area contributed by atoms with Gasteiger partial charge in [0.05, 0.1) is 0 Å². The number of aromatic nitrogens is 1. The van der Waals surface area contributed by atoms with E-state index in [1.165, 1.54) is 39.2 Å². The number of anilines is 2. The van der Waals surface area contributed by atoms with Gasteiger partial charge < -0.3 is 9.80 Å². The van der Waals surface area contributed by atoms with E-state index in [2.05, 4.69) is 135 Å². The van der Waals surface area contributed by atoms with Crippen LogP contribution in [0.4, 0.5) is 11.5 Å². The standard InChI is InChI=1S/C34H35N3.C2H6/c1-33(22-25-14-7-5-8-15-25)28-19-13-21-35-32(28)36(3)24-29(33)31-34(2,23-26-16-9-6-10-17-26)27-18-11-12-20-30(27)37(31)4;1-2/h5-21H,22-24H2,1-4H3;1-2H3/b31-29+;. The summed E-state index contributed by atoms with van der Waals surface area (Å²) in [6.07, 6.45) is 3.82. The molecule has 0 saturated carbocycles. The van der Waals surface area contributed by atoms with Crippen LogP contribution in [0.25, 0.3) is 0 Å². The van der Waals surface area contributed by atoms with Gasteiger partial charge in [-0.25, -0.2) is 4.98 Å². The zero-order chi connectivity index (χ0) is 27.6. The first-order valence-electron chi connectivity index (χ1n) is 14.2. The molecule has 0 amide bonds. The average Bonchev–Trinajstić information content (AvgIpc) is 3.19. The molecule has 3 aromatic carbocycles. The van der Waals surface area contributed by atoms with Gasteiger partial charge in [0.25, 0.3) is 0 Å². The second-order valence-electron chi connectivity index (χ2n) is 11.1. The van der Waals surface area contributed by atoms with Gasteiger partial charge in [-0.05, 0) is 54.2 Å². The van der Waals surface area contributed by atoms with Crippen molar-refractivity contribution in [2.75, 3.05) is 30.4 Å². The van der Waals surface area contributed by atoms with Crippen molar-refractivity contribution in [1.82, 2.24) is 4.98 Å². The lowest BCUT2D eigenvalue weighted by atomic mass is 9.65. The molecule has 3 nitrogen and oxygen atoms in total. The normalized spacial score (nSPS) is 23.5. The van der Waals surface area contributed by atoms with Gasteiger partial charge in [0, 0.05) is 54.6 Å². The SMILES string of the molecule is CC.CN1C/C(=C2\N(C)c3ccccc3C2(C)Cc2ccccc2)C(C)(Cc2ccccc2)c2cccnc21. The molecule has 4 aromatic rings. The van der Waals surface area contributed by atoms with Crippen molar-refractivity contribution >= 4 is 11.5 Å². The summed E-state index contributed by atoms with van der Waals surface area (Å²) in [7, 11) is 4.45. The van der Waals surface area contributed by atoms with Crippen LogP contribution in [0.3, 0.4) is 0 Å². The summed E-state index contributed by atoms with van der Waals surface area (Å²) in [4.78, 5) is 9.67. The molecule has 0 N–H and O–H groups in total. The van der Waals surface area contributed by atoms with Crippen LogP contribution >= 0.6 is 0 Å². The molecule has 200 valence electrons. The maximum Gasteiger partial charge on any atom is 0.132 e. The van der Waals surface area contributed by atoms with Gasteiger partial charge in [0.2, 0.25) is 0 Å². The number of fused-ring (bicyclic) bond motifs is 2. The fourth-order valence-corrected chi connectivity index (χ4v) is 6.89. The third-order valence-corrected chi connectivity index (χ3v) is 8.61. The summed E-state index contributed by atoms with van der Waals surface area (Å²) in [5, 5.41) is 0. The van der Waals surface area contributed by atoms with Crippen molar-refractivity contribution in [2.24, 2.45) is 0 Å². The second-order valence-corrected chi connectivity index (χ2v) is 11.1. The number of pyridine rings is 1. The molecule has 2 aliphatic heterocycles. The molecular formula is C36H41N3. The first-order valence-corrected chi connectivity index (χ1v) is 14.2. The van der Waals surface area contributed by atoms with Gasteiger partial charge in [-0.1, -0.05) is 106 Å². The molecule has 0 fully saturated rings. The van der Waals surface area contributed by atoms with Crippen LogP contribution in [0.15, 0.2) is 115 Å². The van der Waals surface area contributed by atoms with Crippen LogP contribution in [-0.4, -0.2) is 25.6 Å². The highest BCUT2D eigenvalue weighted by molar-refractivity contribution is 5.74. The summed E-state index contributed by atoms with van der Waals surface area (Å²) in [6.45, 7) is 9.74. The van der Waals surface area contributed by atoms with Gasteiger partial charge in [-0.15, -0.1) is 0 Å². The van der Waals surface area contributed by atoms with E-state index in [1.54, 1.807) is 0 Å². The number of hydrogen-bond acceptors (Lipinski definition) is 3. The van der Waals surface area contributed by atoms with E-state index in [0.29, 0.717) is 0 Å². The lowest BCUT2D eigenvalue weighted by molar-refractivity contribution is 0.481. The predicted molar refractivity (Wildman–Crippen MR) is 166 cm³/mol. The van der Waals surface area contributed by atoms with Crippen LogP contribution in [0, 0.1) is 0 Å². The molecule has 0 aliphatic carbocycles. The molecule has 0 bridgehead atoms. The summed E-state index contributed by atoms with van der Waals surface area (Å²) < 4.78 is 0. The Morgan fingerprint density at radius 3 is 1.85 bits per heavy atom. The minimum atomic E-state index is -0.193. The molecule has 3 heteroatoms. The highest BCUT2D eigenvalue weighted by Gasteiger charge is 2.49. The average molecular weight is 516 g/mol. The van der Waals surface area contributed by atoms with E-state index in [-0.39, 0.29) is 10.8 Å². The third-order valence-electron chi connectivity index (χ3n) is 8.61. The Kier molecular flexibility index (Phi) is 7.36. The van der Waals surface area contributed by atoms with E-state index in [9.17, 15) is 0 Å². The van der Waals surface area contributed by atoms with Gasteiger partial charge in [0.1, 0.15) is 5.82 Å². The highest BCUT2D eigenvalue weighted by Crippen LogP contribution is 2.55. The molecule has 6 rings (SSSR count). The summed E-state index contributed by atoms with van der Waals surface area (Å²) >= 11 is 0. The molecule has 2 atom stereocenters. The summed E-state index contributed by atoms with van der Waals surface area (Å²) in [5.74, 6) is 1.09. The number of nitrogens with zero attached hydrogens (tertiary/aromatic N) is 3. The number of likely N-dealkylation sites (N-methyl/N-ethyl adjacent to an activating group) is 2. The second kappa shape index (κ2) is 10.7. The first-order chi connectivity index (χ1) is 18.9. The molecule has 0 radical (unpaired) electrons. The van der Waals surface area contributed by atoms with Crippen molar-refractivity contribution in [3.63, 3.8) is 0 Å². The Hall–Kier alpha value is -3.85. The Morgan fingerprint density at radius 1 is 0.667 bits per heavy atom. The van der Waals surface area contributed by atoms with Crippen molar-refractivity contribution < 1.29 is 0 Å². The molecule has 2 unspecified atom stereocenters. The molecule has 0 spiro atoms. The Labute approximate surface area is 234 Å². The summed E-state index contributed by atoms with van der Waals surface area (Å²) in [5.41, 5.74) is 9.31. The van der Waals surface area contributed by atoms with Crippen molar-refractivity contribution in [2.45, 2.75) is 51.4 Å². The number of allylic oxidation sites excluding steroid dienone is 1. The zero-order valence-corrected chi connectivity index (χ0v) is 24.3. The van der Waals surface area contributed by atoms with Crippen LogP contribution in [0.5, 0.6) is 0 Å². The molecule has 0 saturated heterocycles. The number of hydrogen-bond donors (Lipinski definition) is 0. The van der Waals surface area contributed by atoms with Gasteiger partial charge in [-0.3, -0.25) is 0 Å². The van der Waals surface area contributed by atoms with Crippen LogP contribution < -0.4 is 9.80 Å². The molecule has 39 heavy (non-hydrogen) atoms. The van der Waals surface area contributed by atoms with Crippen LogP contribution in [-0.2, 0) is 23.7 Å². The van der Waals surface area contributed by atoms with E-state index in [4.69, 9.17) is 4.98 Å². The molecule has 3 heterocycles. The van der Waals surface area contributed by atoms with Gasteiger partial charge in [0.15, 0.2) is 0 Å². The van der Waals surface area contributed by atoms with Crippen LogP contribution in [0.2, 0.25) is 0 Å². The Balaban J connectivity index is 0.00000151. The van der Waals surface area contributed by atoms with Gasteiger partial charge in [-0.2, -0.15) is 0 Å². The third kappa shape index (κ3) is 4.54. The maximum atomic E-state index is 4.85. The lowest BCUT2D eigenvalue weighted by Crippen LogP contribution is -2.45. The lowest BCUT2D eigenvalue weighted by Gasteiger charge is -2.46. The topological polar surface area (TPSA) is 19.4 Å². The molecule has 2 aliphatic rings. The van der Waals surface area contributed by atoms with E-state index in [1.807, 2.05) is 20.0 Å². The van der Waals surface area contributed by atoms with Gasteiger partial charge >= 0.3 is 0 Å². The van der Waals surface area contributed by atoms with E-state index in [0.717, 1.165) is 25.2 Å². The molecular weight excluding hydrogens is 474 g/mol. The smallest absolute Gasteiger partial charge is 0.132 e. The van der Waals surface area contributed by atoms with E-state index < -0.39 is 0 Å². The number of rotatable bonds is 4. The Bertz CT molecular complexity index is 1460. The quantitative estimate of drug-likeness (QED) is 0.275. The first kappa shape index (κ1) is 26.7. The zero-order valence-electron chi connectivity index (χ0n) is 24.3. The fourth-order valence-electron chi connectivity index (χ4n) is 6.89. The largest absolute Gasteiger partial charge is 0.355 e. The summed E-state index contributed by atoms with van der Waals surface area (Å²) in [6, 6.07) is 35.3. The van der Waals surface area contributed by atoms with E-state index >= 15 is 0 Å².